The Morgan fingerprint density at radius 2 is 1.83 bits per heavy atom. The lowest BCUT2D eigenvalue weighted by Gasteiger charge is -1.99. The van der Waals surface area contributed by atoms with Crippen LogP contribution < -0.4 is 0 Å². The zero-order valence-corrected chi connectivity index (χ0v) is 7.21. The second-order valence-electron chi connectivity index (χ2n) is 2.49. The third-order valence-corrected chi connectivity index (χ3v) is 2.59. The molecule has 0 aliphatic heterocycles. The maximum Gasteiger partial charge on any atom is 0.124 e. The molecule has 0 bridgehead atoms. The van der Waals surface area contributed by atoms with Crippen molar-refractivity contribution < 1.29 is 5.11 Å². The molecule has 0 amide bonds. The number of aromatic hydroxyl groups is 1. The quantitative estimate of drug-likeness (QED) is 0.707. The van der Waals surface area contributed by atoms with E-state index >= 15 is 0 Å². The first kappa shape index (κ1) is 7.37. The maximum atomic E-state index is 9.49. The molecule has 2 rings (SSSR count). The summed E-state index contributed by atoms with van der Waals surface area (Å²) in [4.78, 5) is 1.10. The minimum atomic E-state index is 0.347. The van der Waals surface area contributed by atoms with Crippen LogP contribution in [0.1, 0.15) is 0 Å². The van der Waals surface area contributed by atoms with Crippen LogP contribution in [0.2, 0.25) is 0 Å². The van der Waals surface area contributed by atoms with E-state index in [-0.39, 0.29) is 0 Å². The van der Waals surface area contributed by atoms with Gasteiger partial charge in [0, 0.05) is 10.4 Å². The normalized spacial score (nSPS) is 10.0. The zero-order chi connectivity index (χ0) is 8.39. The van der Waals surface area contributed by atoms with Gasteiger partial charge in [-0.2, -0.15) is 0 Å². The maximum absolute atomic E-state index is 9.49. The van der Waals surface area contributed by atoms with E-state index in [9.17, 15) is 5.11 Å². The number of phenolic OH excluding ortho intramolecular Hbond substituents is 1. The summed E-state index contributed by atoms with van der Waals surface area (Å²) in [5.41, 5.74) is 0.910. The first-order chi connectivity index (χ1) is 5.88. The minimum absolute atomic E-state index is 0.347. The highest BCUT2D eigenvalue weighted by atomic mass is 32.1. The summed E-state index contributed by atoms with van der Waals surface area (Å²) in [6.45, 7) is 0. The number of para-hydroxylation sites is 1. The van der Waals surface area contributed by atoms with Gasteiger partial charge in [0.2, 0.25) is 0 Å². The number of benzene rings is 1. The predicted octanol–water partition coefficient (Wildman–Crippen LogP) is 3.12. The van der Waals surface area contributed by atoms with E-state index in [0.717, 1.165) is 10.4 Å². The fourth-order valence-corrected chi connectivity index (χ4v) is 1.87. The zero-order valence-electron chi connectivity index (χ0n) is 6.40. The molecule has 60 valence electrons. The van der Waals surface area contributed by atoms with Crippen molar-refractivity contribution in [2.45, 2.75) is 0 Å². The van der Waals surface area contributed by atoms with E-state index in [1.807, 2.05) is 35.7 Å². The summed E-state index contributed by atoms with van der Waals surface area (Å²) in [5.74, 6) is 0.347. The molecular formula is C10H8OS. The van der Waals surface area contributed by atoms with Gasteiger partial charge in [-0.15, -0.1) is 11.3 Å². The van der Waals surface area contributed by atoms with Crippen LogP contribution in [0.25, 0.3) is 10.4 Å². The average molecular weight is 176 g/mol. The van der Waals surface area contributed by atoms with Crippen LogP contribution in [-0.2, 0) is 0 Å². The van der Waals surface area contributed by atoms with Crippen molar-refractivity contribution >= 4 is 11.3 Å². The van der Waals surface area contributed by atoms with Crippen molar-refractivity contribution in [3.8, 4) is 16.2 Å². The van der Waals surface area contributed by atoms with Gasteiger partial charge in [-0.1, -0.05) is 18.2 Å². The fourth-order valence-electron chi connectivity index (χ4n) is 1.11. The molecular weight excluding hydrogens is 168 g/mol. The molecule has 0 saturated heterocycles. The predicted molar refractivity (Wildman–Crippen MR) is 51.4 cm³/mol. The highest BCUT2D eigenvalue weighted by Crippen LogP contribution is 2.31. The number of rotatable bonds is 1. The molecule has 0 unspecified atom stereocenters. The molecule has 0 atom stereocenters. The van der Waals surface area contributed by atoms with Gasteiger partial charge in [-0.3, -0.25) is 0 Å². The molecule has 1 nitrogen and oxygen atoms in total. The van der Waals surface area contributed by atoms with Crippen LogP contribution in [0.4, 0.5) is 0 Å². The van der Waals surface area contributed by atoms with Gasteiger partial charge in [0.05, 0.1) is 0 Å². The number of phenols is 1. The molecule has 1 heterocycles. The molecule has 0 aliphatic rings. The highest BCUT2D eigenvalue weighted by molar-refractivity contribution is 7.13. The summed E-state index contributed by atoms with van der Waals surface area (Å²) < 4.78 is 0. The first-order valence-electron chi connectivity index (χ1n) is 3.70. The Morgan fingerprint density at radius 1 is 1.00 bits per heavy atom. The van der Waals surface area contributed by atoms with Gasteiger partial charge in [-0.05, 0) is 23.6 Å². The van der Waals surface area contributed by atoms with E-state index in [1.165, 1.54) is 0 Å². The highest BCUT2D eigenvalue weighted by Gasteiger charge is 2.01. The second-order valence-corrected chi connectivity index (χ2v) is 3.44. The van der Waals surface area contributed by atoms with Gasteiger partial charge >= 0.3 is 0 Å². The van der Waals surface area contributed by atoms with Crippen LogP contribution in [0.5, 0.6) is 5.75 Å². The second kappa shape index (κ2) is 2.99. The van der Waals surface area contributed by atoms with Crippen LogP contribution in [0.3, 0.4) is 0 Å². The fraction of sp³-hybridized carbons (Fsp3) is 0. The summed E-state index contributed by atoms with van der Waals surface area (Å²) in [6.07, 6.45) is 0. The van der Waals surface area contributed by atoms with Gasteiger partial charge in [0.15, 0.2) is 0 Å². The Labute approximate surface area is 74.9 Å². The van der Waals surface area contributed by atoms with Crippen molar-refractivity contribution in [1.29, 1.82) is 0 Å². The van der Waals surface area contributed by atoms with E-state index in [1.54, 1.807) is 17.4 Å². The van der Waals surface area contributed by atoms with Crippen LogP contribution >= 0.6 is 11.3 Å². The van der Waals surface area contributed by atoms with Crippen molar-refractivity contribution in [3.63, 3.8) is 0 Å². The van der Waals surface area contributed by atoms with Gasteiger partial charge in [0.25, 0.3) is 0 Å². The monoisotopic (exact) mass is 176 g/mol. The van der Waals surface area contributed by atoms with Crippen molar-refractivity contribution in [3.05, 3.63) is 41.8 Å². The lowest BCUT2D eigenvalue weighted by molar-refractivity contribution is 0.477. The van der Waals surface area contributed by atoms with Crippen LogP contribution in [0, 0.1) is 0 Å². The molecule has 1 aromatic carbocycles. The molecule has 1 N–H and O–H groups in total. The molecule has 1 aromatic heterocycles. The molecule has 12 heavy (non-hydrogen) atoms. The average Bonchev–Trinajstić information content (AvgIpc) is 2.57. The molecule has 0 fully saturated rings. The third kappa shape index (κ3) is 1.21. The van der Waals surface area contributed by atoms with Crippen LogP contribution in [0.15, 0.2) is 41.8 Å². The van der Waals surface area contributed by atoms with Gasteiger partial charge < -0.3 is 5.11 Å². The molecule has 0 spiro atoms. The molecule has 2 aromatic rings. The van der Waals surface area contributed by atoms with E-state index in [4.69, 9.17) is 0 Å². The lowest BCUT2D eigenvalue weighted by atomic mass is 10.2. The third-order valence-electron chi connectivity index (χ3n) is 1.69. The first-order valence-corrected chi connectivity index (χ1v) is 4.58. The van der Waals surface area contributed by atoms with E-state index < -0.39 is 0 Å². The SMILES string of the molecule is Oc1ccccc1-c1cccs1. The van der Waals surface area contributed by atoms with Crippen molar-refractivity contribution in [2.24, 2.45) is 0 Å². The summed E-state index contributed by atoms with van der Waals surface area (Å²) >= 11 is 1.63. The Morgan fingerprint density at radius 3 is 2.50 bits per heavy atom. The standard InChI is InChI=1S/C10H8OS/c11-9-5-2-1-4-8(9)10-6-3-7-12-10/h1-7,11H. The summed E-state index contributed by atoms with van der Waals surface area (Å²) in [7, 11) is 0. The molecule has 0 saturated carbocycles. The Hall–Kier alpha value is -1.28. The molecule has 2 heteroatoms. The number of hydrogen-bond acceptors (Lipinski definition) is 2. The summed E-state index contributed by atoms with van der Waals surface area (Å²) in [6, 6.07) is 11.4. The van der Waals surface area contributed by atoms with Crippen molar-refractivity contribution in [2.75, 3.05) is 0 Å². The number of hydrogen-bond donors (Lipinski definition) is 1. The van der Waals surface area contributed by atoms with Crippen LogP contribution in [-0.4, -0.2) is 5.11 Å². The Balaban J connectivity index is 2.55. The largest absolute Gasteiger partial charge is 0.507 e. The minimum Gasteiger partial charge on any atom is -0.507 e. The van der Waals surface area contributed by atoms with Crippen molar-refractivity contribution in [1.82, 2.24) is 0 Å². The Kier molecular flexibility index (Phi) is 1.84. The molecule has 0 radical (unpaired) electrons. The summed E-state index contributed by atoms with van der Waals surface area (Å²) in [5, 5.41) is 11.5. The van der Waals surface area contributed by atoms with E-state index in [0.29, 0.717) is 5.75 Å². The number of thiophene rings is 1. The Bertz CT molecular complexity index is 365. The van der Waals surface area contributed by atoms with Gasteiger partial charge in [-0.25, -0.2) is 0 Å². The molecule has 0 aliphatic carbocycles. The topological polar surface area (TPSA) is 20.2 Å². The van der Waals surface area contributed by atoms with E-state index in [2.05, 4.69) is 0 Å². The van der Waals surface area contributed by atoms with Gasteiger partial charge in [0.1, 0.15) is 5.75 Å². The smallest absolute Gasteiger partial charge is 0.124 e. The lowest BCUT2D eigenvalue weighted by Crippen LogP contribution is -1.71.